The fourth-order valence-electron chi connectivity index (χ4n) is 2.45. The van der Waals surface area contributed by atoms with E-state index in [0.29, 0.717) is 5.56 Å². The third-order valence-electron chi connectivity index (χ3n) is 3.70. The highest BCUT2D eigenvalue weighted by molar-refractivity contribution is 5.90. The first-order chi connectivity index (χ1) is 10.2. The van der Waals surface area contributed by atoms with E-state index in [1.807, 2.05) is 0 Å². The number of nitrogens with zero attached hydrogens (tertiary/aromatic N) is 1. The summed E-state index contributed by atoms with van der Waals surface area (Å²) in [6, 6.07) is 6.83. The van der Waals surface area contributed by atoms with Crippen LogP contribution in [0.15, 0.2) is 29.4 Å². The Labute approximate surface area is 124 Å². The summed E-state index contributed by atoms with van der Waals surface area (Å²) >= 11 is 0. The number of hydrogen-bond donors (Lipinski definition) is 1. The Kier molecular flexibility index (Phi) is 5.49. The fourth-order valence-corrected chi connectivity index (χ4v) is 2.45. The summed E-state index contributed by atoms with van der Waals surface area (Å²) in [6.07, 6.45) is 6.94. The lowest BCUT2D eigenvalue weighted by atomic mass is 9.89. The summed E-state index contributed by atoms with van der Waals surface area (Å²) < 4.78 is 4.63. The molecule has 1 aliphatic rings. The van der Waals surface area contributed by atoms with Gasteiger partial charge in [-0.25, -0.2) is 10.2 Å². The van der Waals surface area contributed by atoms with Gasteiger partial charge in [0.1, 0.15) is 0 Å². The molecular weight excluding hydrogens is 268 g/mol. The minimum absolute atomic E-state index is 0.00266. The molecule has 0 radical (unpaired) electrons. The highest BCUT2D eigenvalue weighted by atomic mass is 16.5. The molecule has 1 aromatic carbocycles. The van der Waals surface area contributed by atoms with E-state index in [4.69, 9.17) is 0 Å². The Morgan fingerprint density at radius 3 is 2.48 bits per heavy atom. The van der Waals surface area contributed by atoms with Gasteiger partial charge in [0.15, 0.2) is 0 Å². The largest absolute Gasteiger partial charge is 0.465 e. The normalized spacial score (nSPS) is 15.9. The minimum atomic E-state index is -0.371. The monoisotopic (exact) mass is 288 g/mol. The molecule has 0 unspecified atom stereocenters. The number of rotatable bonds is 4. The van der Waals surface area contributed by atoms with Crippen molar-refractivity contribution in [1.82, 2.24) is 5.43 Å². The fraction of sp³-hybridized carbons (Fsp3) is 0.438. The molecule has 0 bridgehead atoms. The van der Waals surface area contributed by atoms with Crippen LogP contribution in [0.5, 0.6) is 0 Å². The van der Waals surface area contributed by atoms with Crippen LogP contribution < -0.4 is 5.43 Å². The number of carbonyl (C=O) groups excluding carboxylic acids is 2. The van der Waals surface area contributed by atoms with E-state index in [0.717, 1.165) is 31.2 Å². The van der Waals surface area contributed by atoms with Crippen LogP contribution in [0.1, 0.15) is 48.0 Å². The van der Waals surface area contributed by atoms with E-state index in [-0.39, 0.29) is 17.8 Å². The van der Waals surface area contributed by atoms with Crippen LogP contribution in [0.3, 0.4) is 0 Å². The lowest BCUT2D eigenvalue weighted by Crippen LogP contribution is -2.28. The summed E-state index contributed by atoms with van der Waals surface area (Å²) in [4.78, 5) is 23.2. The zero-order chi connectivity index (χ0) is 15.1. The van der Waals surface area contributed by atoms with E-state index in [9.17, 15) is 9.59 Å². The number of esters is 1. The molecule has 1 amide bonds. The summed E-state index contributed by atoms with van der Waals surface area (Å²) in [7, 11) is 1.35. The summed E-state index contributed by atoms with van der Waals surface area (Å²) in [5, 5.41) is 3.97. The van der Waals surface area contributed by atoms with Crippen LogP contribution in [-0.4, -0.2) is 25.2 Å². The molecule has 1 fully saturated rings. The standard InChI is InChI=1S/C16H20N2O3/c1-21-16(20)14-9-7-12(8-10-14)11-17-18-15(19)13-5-3-2-4-6-13/h7-11,13H,2-6H2,1H3,(H,18,19). The second-order valence-electron chi connectivity index (χ2n) is 5.18. The van der Waals surface area contributed by atoms with Gasteiger partial charge in [0.25, 0.3) is 0 Å². The molecule has 1 aromatic rings. The highest BCUT2D eigenvalue weighted by Crippen LogP contribution is 2.23. The second-order valence-corrected chi connectivity index (χ2v) is 5.18. The Hall–Kier alpha value is -2.17. The van der Waals surface area contributed by atoms with Crippen LogP contribution in [0.25, 0.3) is 0 Å². The van der Waals surface area contributed by atoms with Crippen molar-refractivity contribution in [1.29, 1.82) is 0 Å². The van der Waals surface area contributed by atoms with Gasteiger partial charge < -0.3 is 4.74 Å². The molecule has 0 aromatic heterocycles. The number of amides is 1. The van der Waals surface area contributed by atoms with Gasteiger partial charge in [-0.05, 0) is 30.5 Å². The van der Waals surface area contributed by atoms with Crippen molar-refractivity contribution in [3.8, 4) is 0 Å². The molecule has 0 saturated heterocycles. The number of benzene rings is 1. The molecule has 5 nitrogen and oxygen atoms in total. The maximum Gasteiger partial charge on any atom is 0.337 e. The lowest BCUT2D eigenvalue weighted by Gasteiger charge is -2.19. The van der Waals surface area contributed by atoms with E-state index in [1.54, 1.807) is 30.5 Å². The molecule has 0 aliphatic heterocycles. The van der Waals surface area contributed by atoms with E-state index < -0.39 is 0 Å². The zero-order valence-corrected chi connectivity index (χ0v) is 12.2. The number of methoxy groups -OCH3 is 1. The maximum atomic E-state index is 11.9. The molecular formula is C16H20N2O3. The first-order valence-corrected chi connectivity index (χ1v) is 7.22. The number of carbonyl (C=O) groups is 2. The number of hydrogen-bond acceptors (Lipinski definition) is 4. The molecule has 0 spiro atoms. The predicted molar refractivity (Wildman–Crippen MR) is 80.1 cm³/mol. The molecule has 1 saturated carbocycles. The molecule has 2 rings (SSSR count). The van der Waals surface area contributed by atoms with Gasteiger partial charge in [0.2, 0.25) is 5.91 Å². The van der Waals surface area contributed by atoms with Crippen molar-refractivity contribution < 1.29 is 14.3 Å². The van der Waals surface area contributed by atoms with Crippen LogP contribution in [-0.2, 0) is 9.53 Å². The Balaban J connectivity index is 1.86. The highest BCUT2D eigenvalue weighted by Gasteiger charge is 2.20. The second kappa shape index (κ2) is 7.57. The average Bonchev–Trinajstić information content (AvgIpc) is 2.55. The Bertz CT molecular complexity index is 517. The summed E-state index contributed by atoms with van der Waals surface area (Å²) in [6.45, 7) is 0. The van der Waals surface area contributed by atoms with Crippen LogP contribution in [0, 0.1) is 5.92 Å². The van der Waals surface area contributed by atoms with Gasteiger partial charge in [0, 0.05) is 5.92 Å². The molecule has 112 valence electrons. The molecule has 5 heteroatoms. The number of hydrazone groups is 1. The average molecular weight is 288 g/mol. The topological polar surface area (TPSA) is 67.8 Å². The third kappa shape index (κ3) is 4.41. The van der Waals surface area contributed by atoms with Crippen LogP contribution in [0.4, 0.5) is 0 Å². The Morgan fingerprint density at radius 2 is 1.86 bits per heavy atom. The van der Waals surface area contributed by atoms with Crippen LogP contribution >= 0.6 is 0 Å². The van der Waals surface area contributed by atoms with Crippen LogP contribution in [0.2, 0.25) is 0 Å². The SMILES string of the molecule is COC(=O)c1ccc(C=NNC(=O)C2CCCCC2)cc1. The van der Waals surface area contributed by atoms with E-state index >= 15 is 0 Å². The predicted octanol–water partition coefficient (Wildman–Crippen LogP) is 2.50. The van der Waals surface area contributed by atoms with E-state index in [2.05, 4.69) is 15.3 Å². The summed E-state index contributed by atoms with van der Waals surface area (Å²) in [5.74, 6) is -0.279. The summed E-state index contributed by atoms with van der Waals surface area (Å²) in [5.41, 5.74) is 3.89. The molecule has 1 aliphatic carbocycles. The molecule has 21 heavy (non-hydrogen) atoms. The van der Waals surface area contributed by atoms with Gasteiger partial charge >= 0.3 is 5.97 Å². The van der Waals surface area contributed by atoms with Crippen molar-refractivity contribution in [2.24, 2.45) is 11.0 Å². The quantitative estimate of drug-likeness (QED) is 0.526. The minimum Gasteiger partial charge on any atom is -0.465 e. The van der Waals surface area contributed by atoms with Gasteiger partial charge in [0.05, 0.1) is 18.9 Å². The van der Waals surface area contributed by atoms with Gasteiger partial charge in [-0.2, -0.15) is 5.10 Å². The molecule has 0 atom stereocenters. The van der Waals surface area contributed by atoms with Crippen molar-refractivity contribution >= 4 is 18.1 Å². The number of nitrogens with one attached hydrogen (secondary N) is 1. The van der Waals surface area contributed by atoms with Gasteiger partial charge in [-0.15, -0.1) is 0 Å². The smallest absolute Gasteiger partial charge is 0.337 e. The van der Waals surface area contributed by atoms with Gasteiger partial charge in [-0.3, -0.25) is 4.79 Å². The van der Waals surface area contributed by atoms with E-state index in [1.165, 1.54) is 13.5 Å². The molecule has 0 heterocycles. The van der Waals surface area contributed by atoms with Crippen molar-refractivity contribution in [3.05, 3.63) is 35.4 Å². The molecule has 1 N–H and O–H groups in total. The lowest BCUT2D eigenvalue weighted by molar-refractivity contribution is -0.125. The first-order valence-electron chi connectivity index (χ1n) is 7.22. The van der Waals surface area contributed by atoms with Crippen molar-refractivity contribution in [3.63, 3.8) is 0 Å². The first kappa shape index (κ1) is 15.2. The van der Waals surface area contributed by atoms with Crippen molar-refractivity contribution in [2.75, 3.05) is 7.11 Å². The Morgan fingerprint density at radius 1 is 1.19 bits per heavy atom. The number of ether oxygens (including phenoxy) is 1. The van der Waals surface area contributed by atoms with Gasteiger partial charge in [-0.1, -0.05) is 31.4 Å². The van der Waals surface area contributed by atoms with Crippen molar-refractivity contribution in [2.45, 2.75) is 32.1 Å². The maximum absolute atomic E-state index is 11.9. The third-order valence-corrected chi connectivity index (χ3v) is 3.70. The zero-order valence-electron chi connectivity index (χ0n) is 12.2.